The van der Waals surface area contributed by atoms with Gasteiger partial charge in [-0.1, -0.05) is 12.1 Å². The molecule has 20 heteroatoms. The van der Waals surface area contributed by atoms with Crippen LogP contribution in [0.1, 0.15) is 54.9 Å². The van der Waals surface area contributed by atoms with Gasteiger partial charge in [0.2, 0.25) is 11.8 Å². The number of nitrogens with two attached hydrogens (primary N) is 4. The standard InChI is InChI=1S/2C19H20N6O3.C2H4O2/c2*1-11-3-2-6-25-17(11)23-18(24-7-4-12(5-8-24)15(21)26)14(19(25)28)9-13(10-20)16(22)27;1-2(3)4/h2*2-3,6,9,12H,4-5,7-8H2,1H3,(H2,21,26)(H2,22,27);1H3,(H,3,4)/b2*13-9+;. The minimum Gasteiger partial charge on any atom is -0.481 e. The lowest BCUT2D eigenvalue weighted by atomic mass is 9.96. The number of hydrogen-bond acceptors (Lipinski definition) is 13. The number of fused-ring (bicyclic) bond motifs is 2. The number of nitriles is 2. The number of rotatable bonds is 8. The van der Waals surface area contributed by atoms with Gasteiger partial charge in [-0.3, -0.25) is 42.4 Å². The monoisotopic (exact) mass is 820 g/mol. The molecule has 2 saturated heterocycles. The average molecular weight is 821 g/mol. The molecule has 20 nitrogen and oxygen atoms in total. The predicted molar refractivity (Wildman–Crippen MR) is 220 cm³/mol. The van der Waals surface area contributed by atoms with Gasteiger partial charge in [0, 0.05) is 57.3 Å². The van der Waals surface area contributed by atoms with Gasteiger partial charge < -0.3 is 37.8 Å². The van der Waals surface area contributed by atoms with Crippen molar-refractivity contribution in [3.63, 3.8) is 0 Å². The fourth-order valence-corrected chi connectivity index (χ4v) is 6.69. The lowest BCUT2D eigenvalue weighted by molar-refractivity contribution is -0.134. The Labute approximate surface area is 342 Å². The van der Waals surface area contributed by atoms with E-state index in [1.54, 1.807) is 36.7 Å². The zero-order chi connectivity index (χ0) is 44.4. The van der Waals surface area contributed by atoms with Crippen molar-refractivity contribution < 1.29 is 29.1 Å². The summed E-state index contributed by atoms with van der Waals surface area (Å²) in [6.45, 7) is 6.65. The van der Waals surface area contributed by atoms with Crippen molar-refractivity contribution >= 4 is 64.7 Å². The molecule has 60 heavy (non-hydrogen) atoms. The first kappa shape index (κ1) is 44.8. The normalized spacial score (nSPS) is 14.8. The van der Waals surface area contributed by atoms with Crippen LogP contribution < -0.4 is 43.9 Å². The minimum absolute atomic E-state index is 0.107. The van der Waals surface area contributed by atoms with Crippen LogP contribution >= 0.6 is 0 Å². The summed E-state index contributed by atoms with van der Waals surface area (Å²) >= 11 is 0. The van der Waals surface area contributed by atoms with E-state index in [4.69, 9.17) is 32.8 Å². The molecule has 0 radical (unpaired) electrons. The third-order valence-corrected chi connectivity index (χ3v) is 9.87. The molecule has 4 aromatic rings. The summed E-state index contributed by atoms with van der Waals surface area (Å²) in [6.07, 6.45) is 7.66. The summed E-state index contributed by atoms with van der Waals surface area (Å²) in [5.74, 6) is -3.10. The number of amides is 4. The quantitative estimate of drug-likeness (QED) is 0.118. The highest BCUT2D eigenvalue weighted by Gasteiger charge is 2.28. The molecule has 0 aliphatic carbocycles. The van der Waals surface area contributed by atoms with E-state index in [2.05, 4.69) is 9.97 Å². The Hall–Kier alpha value is -7.87. The Morgan fingerprint density at radius 2 is 1.00 bits per heavy atom. The summed E-state index contributed by atoms with van der Waals surface area (Å²) in [7, 11) is 0. The summed E-state index contributed by atoms with van der Waals surface area (Å²) in [5.41, 5.74) is 22.6. The van der Waals surface area contributed by atoms with E-state index in [-0.39, 0.29) is 45.9 Å². The van der Waals surface area contributed by atoms with Gasteiger partial charge in [0.25, 0.3) is 28.9 Å². The first-order valence-electron chi connectivity index (χ1n) is 18.5. The fraction of sp³-hybridized carbons (Fsp3) is 0.325. The van der Waals surface area contributed by atoms with Crippen LogP contribution in [0.25, 0.3) is 23.4 Å². The molecule has 9 N–H and O–H groups in total. The van der Waals surface area contributed by atoms with Crippen molar-refractivity contribution in [2.24, 2.45) is 34.8 Å². The summed E-state index contributed by atoms with van der Waals surface area (Å²) in [5, 5.41) is 25.8. The first-order valence-corrected chi connectivity index (χ1v) is 18.5. The molecule has 0 atom stereocenters. The van der Waals surface area contributed by atoms with Gasteiger partial charge in [0.15, 0.2) is 0 Å². The Bertz CT molecular complexity index is 2460. The van der Waals surface area contributed by atoms with Crippen molar-refractivity contribution in [2.45, 2.75) is 46.5 Å². The number of piperidine rings is 2. The smallest absolute Gasteiger partial charge is 0.300 e. The van der Waals surface area contributed by atoms with E-state index in [1.807, 2.05) is 35.8 Å². The first-order chi connectivity index (χ1) is 28.4. The topological polar surface area (TPSA) is 332 Å². The SMILES string of the molecule is CC(=O)O.Cc1cccn2c(=O)c(/C=C(\C#N)C(N)=O)c(N3CCC(C(N)=O)CC3)nc12.Cc1cccn2c(=O)c(/C=C(\C#N)C(N)=O)c(N3CCC(C(N)=O)CC3)nc12. The van der Waals surface area contributed by atoms with Crippen LogP contribution in [0.4, 0.5) is 11.6 Å². The lowest BCUT2D eigenvalue weighted by Crippen LogP contribution is -2.40. The molecule has 4 aromatic heterocycles. The van der Waals surface area contributed by atoms with Crippen LogP contribution in [-0.2, 0) is 24.0 Å². The van der Waals surface area contributed by atoms with Gasteiger partial charge >= 0.3 is 0 Å². The van der Waals surface area contributed by atoms with E-state index in [0.29, 0.717) is 74.8 Å². The van der Waals surface area contributed by atoms with E-state index in [1.165, 1.54) is 21.0 Å². The third kappa shape index (κ3) is 10.3. The maximum atomic E-state index is 13.1. The highest BCUT2D eigenvalue weighted by Crippen LogP contribution is 2.27. The number of nitrogens with zero attached hydrogens (tertiary/aromatic N) is 8. The molecular weight excluding hydrogens is 777 g/mol. The Morgan fingerprint density at radius 1 is 0.683 bits per heavy atom. The third-order valence-electron chi connectivity index (χ3n) is 9.87. The molecule has 6 heterocycles. The zero-order valence-corrected chi connectivity index (χ0v) is 33.1. The van der Waals surface area contributed by atoms with Crippen molar-refractivity contribution in [1.82, 2.24) is 18.8 Å². The molecule has 2 aliphatic rings. The molecule has 0 bridgehead atoms. The molecule has 4 amide bonds. The molecule has 2 aliphatic heterocycles. The minimum atomic E-state index is -0.922. The van der Waals surface area contributed by atoms with Crippen LogP contribution in [0, 0.1) is 48.3 Å². The van der Waals surface area contributed by atoms with Crippen molar-refractivity contribution in [2.75, 3.05) is 36.0 Å². The molecule has 0 spiro atoms. The van der Waals surface area contributed by atoms with Crippen LogP contribution in [0.5, 0.6) is 0 Å². The number of carboxylic acid groups (broad SMARTS) is 1. The Morgan fingerprint density at radius 3 is 1.27 bits per heavy atom. The van der Waals surface area contributed by atoms with Crippen LogP contribution in [0.3, 0.4) is 0 Å². The molecule has 312 valence electrons. The van der Waals surface area contributed by atoms with E-state index >= 15 is 0 Å². The van der Waals surface area contributed by atoms with E-state index < -0.39 is 28.9 Å². The number of carbonyl (C=O) groups excluding carboxylic acids is 4. The number of aryl methyl sites for hydroxylation is 2. The second-order valence-corrected chi connectivity index (χ2v) is 14.0. The van der Waals surface area contributed by atoms with Gasteiger partial charge in [-0.2, -0.15) is 10.5 Å². The number of hydrogen-bond donors (Lipinski definition) is 5. The predicted octanol–water partition coefficient (Wildman–Crippen LogP) is 0.285. The molecule has 0 aromatic carbocycles. The fourth-order valence-electron chi connectivity index (χ4n) is 6.69. The van der Waals surface area contributed by atoms with Gasteiger partial charge in [-0.25, -0.2) is 9.97 Å². The van der Waals surface area contributed by atoms with Gasteiger partial charge in [-0.15, -0.1) is 0 Å². The zero-order valence-electron chi connectivity index (χ0n) is 33.1. The Kier molecular flexibility index (Phi) is 14.6. The van der Waals surface area contributed by atoms with Crippen molar-refractivity contribution in [3.8, 4) is 12.1 Å². The lowest BCUT2D eigenvalue weighted by Gasteiger charge is -2.32. The Balaban J connectivity index is 0.000000243. The van der Waals surface area contributed by atoms with Crippen molar-refractivity contribution in [3.05, 3.63) is 90.8 Å². The number of carbonyl (C=O) groups is 5. The molecule has 2 fully saturated rings. The molecule has 0 saturated carbocycles. The highest BCUT2D eigenvalue weighted by molar-refractivity contribution is 6.02. The maximum absolute atomic E-state index is 13.1. The van der Waals surface area contributed by atoms with Crippen molar-refractivity contribution in [1.29, 1.82) is 10.5 Å². The summed E-state index contributed by atoms with van der Waals surface area (Å²) < 4.78 is 2.74. The number of pyridine rings is 2. The van der Waals surface area contributed by atoms with E-state index in [9.17, 15) is 39.3 Å². The van der Waals surface area contributed by atoms with Gasteiger partial charge in [0.05, 0.1) is 11.1 Å². The van der Waals surface area contributed by atoms with E-state index in [0.717, 1.165) is 18.1 Å². The number of anilines is 2. The molecular formula is C40H44N12O8. The number of carboxylic acids is 1. The van der Waals surface area contributed by atoms with Crippen LogP contribution in [0.15, 0.2) is 57.4 Å². The van der Waals surface area contributed by atoms with Crippen LogP contribution in [0.2, 0.25) is 0 Å². The second kappa shape index (κ2) is 19.5. The highest BCUT2D eigenvalue weighted by atomic mass is 16.4. The number of aromatic nitrogens is 4. The average Bonchev–Trinajstić information content (AvgIpc) is 3.20. The second-order valence-electron chi connectivity index (χ2n) is 14.0. The molecule has 6 rings (SSSR count). The number of primary amides is 4. The largest absolute Gasteiger partial charge is 0.481 e. The van der Waals surface area contributed by atoms with Crippen LogP contribution in [-0.4, -0.2) is 79.7 Å². The van der Waals surface area contributed by atoms with Gasteiger partial charge in [-0.05, 0) is 74.9 Å². The summed E-state index contributed by atoms with van der Waals surface area (Å²) in [4.78, 5) is 94.1. The number of aliphatic carboxylic acids is 1. The molecule has 0 unspecified atom stereocenters. The summed E-state index contributed by atoms with van der Waals surface area (Å²) in [6, 6.07) is 10.6. The maximum Gasteiger partial charge on any atom is 0.300 e. The van der Waals surface area contributed by atoms with Gasteiger partial charge in [0.1, 0.15) is 46.2 Å².